The molecule has 4 heteroatoms. The van der Waals surface area contributed by atoms with Gasteiger partial charge in [0.15, 0.2) is 6.29 Å². The number of fused-ring (bicyclic) bond motifs is 1. The minimum Gasteiger partial charge on any atom is -0.346 e. The van der Waals surface area contributed by atoms with Crippen molar-refractivity contribution in [1.29, 1.82) is 0 Å². The van der Waals surface area contributed by atoms with Crippen molar-refractivity contribution in [3.8, 4) is 0 Å². The molecule has 0 saturated carbocycles. The first-order chi connectivity index (χ1) is 14.3. The summed E-state index contributed by atoms with van der Waals surface area (Å²) in [5, 5.41) is 2.43. The summed E-state index contributed by atoms with van der Waals surface area (Å²) in [6.45, 7) is 1.29. The van der Waals surface area contributed by atoms with E-state index in [1.807, 2.05) is 0 Å². The van der Waals surface area contributed by atoms with Crippen LogP contribution in [0, 0.1) is 0 Å². The zero-order valence-corrected chi connectivity index (χ0v) is 17.4. The van der Waals surface area contributed by atoms with Crippen molar-refractivity contribution >= 4 is 43.8 Å². The molecule has 144 valence electrons. The van der Waals surface area contributed by atoms with Gasteiger partial charge in [-0.25, -0.2) is 0 Å². The van der Waals surface area contributed by atoms with Crippen LogP contribution in [0.4, 0.5) is 17.1 Å². The summed E-state index contributed by atoms with van der Waals surface area (Å²) in [5.74, 6) is 0. The van der Waals surface area contributed by atoms with E-state index < -0.39 is 0 Å². The first kappa shape index (κ1) is 18.4. The Morgan fingerprint density at radius 3 is 2.03 bits per heavy atom. The normalized spacial score (nSPS) is 14.4. The van der Waals surface area contributed by atoms with Gasteiger partial charge < -0.3 is 14.4 Å². The molecule has 4 aromatic rings. The van der Waals surface area contributed by atoms with Crippen molar-refractivity contribution in [2.24, 2.45) is 0 Å². The van der Waals surface area contributed by atoms with Crippen LogP contribution in [-0.2, 0) is 9.47 Å². The molecule has 1 fully saturated rings. The average Bonchev–Trinajstić information content (AvgIpc) is 3.31. The van der Waals surface area contributed by atoms with Crippen LogP contribution in [0.25, 0.3) is 10.8 Å². The smallest absolute Gasteiger partial charge is 0.184 e. The number of hydrogen-bond donors (Lipinski definition) is 0. The van der Waals surface area contributed by atoms with Gasteiger partial charge in [0.2, 0.25) is 0 Å². The van der Waals surface area contributed by atoms with Crippen LogP contribution in [0.5, 0.6) is 0 Å². The molecule has 0 bridgehead atoms. The molecule has 1 heterocycles. The van der Waals surface area contributed by atoms with Crippen molar-refractivity contribution in [3.63, 3.8) is 0 Å². The van der Waals surface area contributed by atoms with Gasteiger partial charge in [-0.3, -0.25) is 0 Å². The highest BCUT2D eigenvalue weighted by Crippen LogP contribution is 2.39. The Hall–Kier alpha value is -2.66. The Labute approximate surface area is 178 Å². The van der Waals surface area contributed by atoms with Gasteiger partial charge >= 0.3 is 0 Å². The summed E-state index contributed by atoms with van der Waals surface area (Å²) in [6, 6.07) is 31.7. The highest BCUT2D eigenvalue weighted by Gasteiger charge is 2.20. The number of hydrogen-bond acceptors (Lipinski definition) is 3. The number of rotatable bonds is 4. The molecule has 4 aromatic carbocycles. The second-order valence-electron chi connectivity index (χ2n) is 6.98. The summed E-state index contributed by atoms with van der Waals surface area (Å²) in [7, 11) is 0. The largest absolute Gasteiger partial charge is 0.346 e. The Bertz CT molecular complexity index is 1110. The second kappa shape index (κ2) is 7.99. The van der Waals surface area contributed by atoms with E-state index in [-0.39, 0.29) is 6.29 Å². The van der Waals surface area contributed by atoms with Gasteiger partial charge in [0.05, 0.1) is 18.9 Å². The van der Waals surface area contributed by atoms with Crippen LogP contribution >= 0.6 is 15.9 Å². The average molecular weight is 446 g/mol. The van der Waals surface area contributed by atoms with E-state index in [1.165, 1.54) is 10.8 Å². The maximum absolute atomic E-state index is 5.64. The lowest BCUT2D eigenvalue weighted by molar-refractivity contribution is -0.0441. The molecule has 0 spiro atoms. The quantitative estimate of drug-likeness (QED) is 0.333. The first-order valence-electron chi connectivity index (χ1n) is 9.66. The Balaban J connectivity index is 1.63. The topological polar surface area (TPSA) is 21.7 Å². The molecule has 5 rings (SSSR count). The second-order valence-corrected chi connectivity index (χ2v) is 7.89. The van der Waals surface area contributed by atoms with Crippen LogP contribution in [0.2, 0.25) is 0 Å². The van der Waals surface area contributed by atoms with Crippen LogP contribution in [-0.4, -0.2) is 13.2 Å². The van der Waals surface area contributed by atoms with Crippen molar-refractivity contribution in [2.75, 3.05) is 18.1 Å². The number of benzene rings is 4. The van der Waals surface area contributed by atoms with Crippen molar-refractivity contribution < 1.29 is 9.47 Å². The van der Waals surface area contributed by atoms with Gasteiger partial charge in [-0.2, -0.15) is 0 Å². The van der Waals surface area contributed by atoms with E-state index in [1.54, 1.807) is 0 Å². The molecule has 3 nitrogen and oxygen atoms in total. The highest BCUT2D eigenvalue weighted by molar-refractivity contribution is 9.10. The summed E-state index contributed by atoms with van der Waals surface area (Å²) >= 11 is 3.55. The molecule has 0 N–H and O–H groups in total. The lowest BCUT2D eigenvalue weighted by atomic mass is 10.1. The third-order valence-electron chi connectivity index (χ3n) is 5.14. The summed E-state index contributed by atoms with van der Waals surface area (Å²) < 4.78 is 12.3. The van der Waals surface area contributed by atoms with Crippen molar-refractivity contribution in [2.45, 2.75) is 6.29 Å². The number of anilines is 3. The minimum atomic E-state index is -0.261. The molecule has 0 aromatic heterocycles. The molecule has 0 amide bonds. The molecule has 1 aliphatic rings. The minimum absolute atomic E-state index is 0.261. The van der Waals surface area contributed by atoms with Gasteiger partial charge in [-0.15, -0.1) is 0 Å². The van der Waals surface area contributed by atoms with E-state index >= 15 is 0 Å². The molecular weight excluding hydrogens is 426 g/mol. The molecule has 29 heavy (non-hydrogen) atoms. The number of nitrogens with zero attached hydrogens (tertiary/aromatic N) is 1. The fourth-order valence-electron chi connectivity index (χ4n) is 3.75. The molecular formula is C25H20BrNO2. The third kappa shape index (κ3) is 3.67. The van der Waals surface area contributed by atoms with Crippen LogP contribution in [0.3, 0.4) is 0 Å². The monoisotopic (exact) mass is 445 g/mol. The van der Waals surface area contributed by atoms with Crippen LogP contribution in [0.1, 0.15) is 11.9 Å². The first-order valence-corrected chi connectivity index (χ1v) is 10.5. The van der Waals surface area contributed by atoms with Gasteiger partial charge in [0.1, 0.15) is 0 Å². The SMILES string of the molecule is Brc1ccc(N(c2ccc(C3OCCO3)cc2)c2cccc3ccccc23)cc1. The Morgan fingerprint density at radius 2 is 1.31 bits per heavy atom. The van der Waals surface area contributed by atoms with Gasteiger partial charge in [-0.05, 0) is 47.9 Å². The van der Waals surface area contributed by atoms with Gasteiger partial charge in [-0.1, -0.05) is 64.5 Å². The van der Waals surface area contributed by atoms with Crippen molar-refractivity contribution in [3.05, 3.63) is 101 Å². The number of halogens is 1. The van der Waals surface area contributed by atoms with E-state index in [4.69, 9.17) is 9.47 Å². The lowest BCUT2D eigenvalue weighted by Gasteiger charge is -2.27. The molecule has 0 aliphatic carbocycles. The zero-order valence-electron chi connectivity index (χ0n) is 15.8. The van der Waals surface area contributed by atoms with E-state index in [2.05, 4.69) is 112 Å². The van der Waals surface area contributed by atoms with E-state index in [0.717, 1.165) is 27.1 Å². The van der Waals surface area contributed by atoms with Gasteiger partial charge in [0, 0.05) is 26.8 Å². The number of ether oxygens (including phenoxy) is 2. The maximum atomic E-state index is 5.64. The predicted molar refractivity (Wildman–Crippen MR) is 121 cm³/mol. The predicted octanol–water partition coefficient (Wildman–Crippen LogP) is 7.12. The third-order valence-corrected chi connectivity index (χ3v) is 5.67. The fraction of sp³-hybridized carbons (Fsp3) is 0.120. The molecule has 1 saturated heterocycles. The highest BCUT2D eigenvalue weighted by atomic mass is 79.9. The molecule has 0 unspecified atom stereocenters. The van der Waals surface area contributed by atoms with Crippen LogP contribution in [0.15, 0.2) is 95.5 Å². The fourth-order valence-corrected chi connectivity index (χ4v) is 4.02. The lowest BCUT2D eigenvalue weighted by Crippen LogP contribution is -2.10. The van der Waals surface area contributed by atoms with Gasteiger partial charge in [0.25, 0.3) is 0 Å². The summed E-state index contributed by atoms with van der Waals surface area (Å²) in [6.07, 6.45) is -0.261. The van der Waals surface area contributed by atoms with E-state index in [0.29, 0.717) is 13.2 Å². The zero-order chi connectivity index (χ0) is 19.6. The summed E-state index contributed by atoms with van der Waals surface area (Å²) in [5.41, 5.74) is 4.38. The van der Waals surface area contributed by atoms with E-state index in [9.17, 15) is 0 Å². The Morgan fingerprint density at radius 1 is 0.690 bits per heavy atom. The molecule has 0 radical (unpaired) electrons. The molecule has 0 atom stereocenters. The summed E-state index contributed by atoms with van der Waals surface area (Å²) in [4.78, 5) is 2.29. The van der Waals surface area contributed by atoms with Crippen molar-refractivity contribution in [1.82, 2.24) is 0 Å². The Kier molecular flexibility index (Phi) is 5.06. The van der Waals surface area contributed by atoms with Crippen LogP contribution < -0.4 is 4.90 Å². The standard InChI is InChI=1S/C25H20BrNO2/c26-20-10-14-22(15-11-20)27(24-7-3-5-18-4-1-2-6-23(18)24)21-12-8-19(9-13-21)25-28-16-17-29-25/h1-15,25H,16-17H2. The molecule has 1 aliphatic heterocycles. The maximum Gasteiger partial charge on any atom is 0.184 e.